The van der Waals surface area contributed by atoms with Crippen LogP contribution in [0.5, 0.6) is 0 Å². The molecule has 54 heavy (non-hydrogen) atoms. The van der Waals surface area contributed by atoms with Crippen LogP contribution >= 0.6 is 11.3 Å². The van der Waals surface area contributed by atoms with E-state index in [1.54, 1.807) is 11.3 Å². The van der Waals surface area contributed by atoms with E-state index in [9.17, 15) is 9.59 Å². The normalized spacial score (nSPS) is 14.4. The van der Waals surface area contributed by atoms with Crippen molar-refractivity contribution >= 4 is 86.7 Å². The molecule has 1 N–H and O–H groups in total. The Morgan fingerprint density at radius 1 is 0.444 bits per heavy atom. The van der Waals surface area contributed by atoms with Crippen molar-refractivity contribution in [2.75, 3.05) is 0 Å². The maximum atomic E-state index is 14.9. The Morgan fingerprint density at radius 3 is 1.11 bits per heavy atom. The summed E-state index contributed by atoms with van der Waals surface area (Å²) in [5, 5.41) is 5.47. The Balaban J connectivity index is 1.60. The predicted octanol–water partition coefficient (Wildman–Crippen LogP) is 12.8. The van der Waals surface area contributed by atoms with Crippen LogP contribution in [0.4, 0.5) is 0 Å². The van der Waals surface area contributed by atoms with E-state index in [2.05, 4.69) is 149 Å². The summed E-state index contributed by atoms with van der Waals surface area (Å²) in [4.78, 5) is 44.1. The number of benzene rings is 4. The van der Waals surface area contributed by atoms with E-state index in [1.165, 1.54) is 0 Å². The second-order valence-corrected chi connectivity index (χ2v) is 20.7. The summed E-state index contributed by atoms with van der Waals surface area (Å²) in [6.07, 6.45) is 0. The van der Waals surface area contributed by atoms with Crippen LogP contribution in [0.1, 0.15) is 137 Å². The number of rotatable bonds is 0. The number of aromatic nitrogens is 3. The lowest BCUT2D eigenvalue weighted by molar-refractivity contribution is 0.103. The Kier molecular flexibility index (Phi) is 6.99. The summed E-state index contributed by atoms with van der Waals surface area (Å²) >= 11 is 1.67. The van der Waals surface area contributed by atoms with E-state index < -0.39 is 0 Å². The van der Waals surface area contributed by atoms with Gasteiger partial charge >= 0.3 is 0 Å². The fraction of sp³-hybridized carbons (Fsp3) is 0.333. The highest BCUT2D eigenvalue weighted by molar-refractivity contribution is 7.25. The number of carbonyl (C=O) groups excluding carboxylic acids is 2. The van der Waals surface area contributed by atoms with Gasteiger partial charge in [0.05, 0.1) is 33.2 Å². The maximum Gasteiger partial charge on any atom is 0.214 e. The number of hydrogen-bond acceptors (Lipinski definition) is 5. The van der Waals surface area contributed by atoms with Gasteiger partial charge in [-0.15, -0.1) is 11.3 Å². The van der Waals surface area contributed by atoms with Gasteiger partial charge in [0.1, 0.15) is 11.4 Å². The number of thiophene rings is 1. The Hall–Kier alpha value is -4.94. The lowest BCUT2D eigenvalue weighted by atomic mass is 9.83. The van der Waals surface area contributed by atoms with Crippen molar-refractivity contribution in [2.45, 2.75) is 105 Å². The molecular formula is C48H47N3O2S. The second kappa shape index (κ2) is 10.8. The minimum absolute atomic E-state index is 0.0663. The summed E-state index contributed by atoms with van der Waals surface area (Å²) in [5.74, 6) is -0.133. The number of nitrogens with zero attached hydrogens (tertiary/aromatic N) is 2. The first-order chi connectivity index (χ1) is 25.1. The van der Waals surface area contributed by atoms with E-state index in [-0.39, 0.29) is 33.2 Å². The van der Waals surface area contributed by atoms with Crippen LogP contribution in [-0.2, 0) is 21.7 Å². The van der Waals surface area contributed by atoms with Crippen molar-refractivity contribution < 1.29 is 9.59 Å². The summed E-state index contributed by atoms with van der Waals surface area (Å²) in [6, 6.07) is 21.7. The fourth-order valence-corrected chi connectivity index (χ4v) is 9.05. The first kappa shape index (κ1) is 34.8. The van der Waals surface area contributed by atoms with Gasteiger partial charge in [0, 0.05) is 41.7 Å². The molecule has 0 radical (unpaired) electrons. The first-order valence-electron chi connectivity index (χ1n) is 19.0. The molecule has 272 valence electrons. The number of aromatic amines is 1. The van der Waals surface area contributed by atoms with Gasteiger partial charge in [-0.2, -0.15) is 0 Å². The van der Waals surface area contributed by atoms with Crippen LogP contribution in [-0.4, -0.2) is 26.5 Å². The lowest BCUT2D eigenvalue weighted by Gasteiger charge is -2.21. The second-order valence-electron chi connectivity index (χ2n) is 19.6. The number of H-pyrrole nitrogens is 1. The van der Waals surface area contributed by atoms with E-state index in [1.807, 2.05) is 0 Å². The number of ketones is 2. The summed E-state index contributed by atoms with van der Waals surface area (Å²) in [7, 11) is 0. The van der Waals surface area contributed by atoms with Gasteiger partial charge in [-0.25, -0.2) is 9.97 Å². The van der Waals surface area contributed by atoms with Crippen molar-refractivity contribution in [3.8, 4) is 0 Å². The SMILES string of the molecule is CC(C)(C)c1cc2c3nc(c4cc(C(C)(C)C)cc5c6cc(C(C)(C)C)cc(c7nc8c(cc(C(C)(C)C)cc8c8ccc(s8)c3c1)C7=O)c6[nH]c45)C2=O. The molecule has 0 atom stereocenters. The molecule has 0 aliphatic carbocycles. The highest BCUT2D eigenvalue weighted by Gasteiger charge is 2.31. The van der Waals surface area contributed by atoms with Gasteiger partial charge in [0.15, 0.2) is 0 Å². The monoisotopic (exact) mass is 729 g/mol. The van der Waals surface area contributed by atoms with Crippen LogP contribution in [0.2, 0.25) is 0 Å². The van der Waals surface area contributed by atoms with E-state index in [0.29, 0.717) is 33.5 Å². The molecule has 4 aromatic carbocycles. The molecule has 0 spiro atoms. The van der Waals surface area contributed by atoms with E-state index >= 15 is 0 Å². The van der Waals surface area contributed by atoms with Gasteiger partial charge in [0.2, 0.25) is 11.6 Å². The third kappa shape index (κ3) is 5.09. The van der Waals surface area contributed by atoms with Crippen LogP contribution in [0.15, 0.2) is 60.7 Å². The summed E-state index contributed by atoms with van der Waals surface area (Å²) < 4.78 is 2.05. The molecule has 3 aromatic heterocycles. The van der Waals surface area contributed by atoms with Gasteiger partial charge in [-0.05, 0) is 105 Å². The third-order valence-electron chi connectivity index (χ3n) is 11.5. The van der Waals surface area contributed by atoms with Crippen molar-refractivity contribution in [3.05, 3.63) is 105 Å². The number of nitrogens with one attached hydrogen (secondary N) is 1. The zero-order chi connectivity index (χ0) is 38.6. The standard InChI is InChI=1S/C48H47N3O2S/c1-45(2,3)23-15-27-28-16-24(46(4,5)6)20-32-38(28)49-37(27)31(19-23)41-43(52)33-21-25(47(7,8)9)17-29(39(33)50-41)35-13-14-36(54-35)30-18-26(48(10,11)12)22-34-40(30)51-42(32)44(34)53/h13-22,49H,1-12H3. The molecule has 0 saturated heterocycles. The molecule has 0 saturated carbocycles. The Morgan fingerprint density at radius 2 is 0.759 bits per heavy atom. The van der Waals surface area contributed by atoms with Crippen LogP contribution in [0, 0.1) is 0 Å². The van der Waals surface area contributed by atoms with Crippen LogP contribution < -0.4 is 0 Å². The minimum Gasteiger partial charge on any atom is -0.353 e. The van der Waals surface area contributed by atoms with Gasteiger partial charge in [-0.1, -0.05) is 83.1 Å². The maximum absolute atomic E-state index is 14.9. The smallest absolute Gasteiger partial charge is 0.214 e. The van der Waals surface area contributed by atoms with E-state index in [4.69, 9.17) is 9.97 Å². The van der Waals surface area contributed by atoms with Crippen molar-refractivity contribution in [1.29, 1.82) is 0 Å². The molecule has 0 amide bonds. The number of hydrogen-bond donors (Lipinski definition) is 1. The molecule has 9 rings (SSSR count). The van der Waals surface area contributed by atoms with E-state index in [0.717, 1.165) is 75.0 Å². The third-order valence-corrected chi connectivity index (χ3v) is 12.7. The minimum atomic E-state index is -0.211. The largest absolute Gasteiger partial charge is 0.353 e. The van der Waals surface area contributed by atoms with Crippen molar-refractivity contribution in [3.63, 3.8) is 0 Å². The molecule has 8 bridgehead atoms. The molecule has 5 nitrogen and oxygen atoms in total. The molecule has 2 aliphatic rings. The lowest BCUT2D eigenvalue weighted by Crippen LogP contribution is -2.12. The molecule has 2 aliphatic heterocycles. The van der Waals surface area contributed by atoms with Gasteiger partial charge < -0.3 is 4.98 Å². The highest BCUT2D eigenvalue weighted by Crippen LogP contribution is 2.43. The molecule has 7 aromatic rings. The zero-order valence-electron chi connectivity index (χ0n) is 33.4. The summed E-state index contributed by atoms with van der Waals surface area (Å²) in [6.45, 7) is 26.4. The molecule has 5 heterocycles. The predicted molar refractivity (Wildman–Crippen MR) is 227 cm³/mol. The molecular weight excluding hydrogens is 683 g/mol. The quantitative estimate of drug-likeness (QED) is 0.169. The first-order valence-corrected chi connectivity index (χ1v) is 19.8. The molecule has 6 heteroatoms. The molecule has 0 unspecified atom stereocenters. The average Bonchev–Trinajstić information content (AvgIpc) is 3.85. The molecule has 0 fully saturated rings. The number of carbonyl (C=O) groups is 2. The van der Waals surface area contributed by atoms with Crippen LogP contribution in [0.3, 0.4) is 0 Å². The topological polar surface area (TPSA) is 75.7 Å². The highest BCUT2D eigenvalue weighted by atomic mass is 32.1. The summed E-state index contributed by atoms with van der Waals surface area (Å²) in [5.41, 5.74) is 8.86. The Bertz CT molecular complexity index is 2800. The van der Waals surface area contributed by atoms with Crippen molar-refractivity contribution in [1.82, 2.24) is 15.0 Å². The fourth-order valence-electron chi connectivity index (χ4n) is 8.01. The Labute approximate surface area is 320 Å². The van der Waals surface area contributed by atoms with Gasteiger partial charge in [-0.3, -0.25) is 9.59 Å². The van der Waals surface area contributed by atoms with Crippen LogP contribution in [0.25, 0.3) is 63.8 Å². The van der Waals surface area contributed by atoms with Gasteiger partial charge in [0.25, 0.3) is 0 Å². The van der Waals surface area contributed by atoms with Crippen molar-refractivity contribution in [2.24, 2.45) is 0 Å². The average molecular weight is 730 g/mol. The zero-order valence-corrected chi connectivity index (χ0v) is 34.2. The number of fused-ring (bicyclic) bond motifs is 9.